The average Bonchev–Trinajstić information content (AvgIpc) is 2.65. The minimum atomic E-state index is -0.716. The van der Waals surface area contributed by atoms with Gasteiger partial charge in [-0.3, -0.25) is 15.0 Å². The van der Waals surface area contributed by atoms with E-state index >= 15 is 0 Å². The number of hydrazine groups is 1. The number of benzene rings is 2. The maximum Gasteiger partial charge on any atom is 0.258 e. The number of hydrogen-bond acceptors (Lipinski definition) is 4. The predicted octanol–water partition coefficient (Wildman–Crippen LogP) is 1.73. The number of carbonyl (C=O) groups is 2. The summed E-state index contributed by atoms with van der Waals surface area (Å²) in [6.45, 7) is 1.36. The smallest absolute Gasteiger partial charge is 0.258 e. The van der Waals surface area contributed by atoms with E-state index in [-0.39, 0.29) is 6.61 Å². The van der Waals surface area contributed by atoms with E-state index in [0.29, 0.717) is 5.75 Å². The third kappa shape index (κ3) is 6.12. The summed E-state index contributed by atoms with van der Waals surface area (Å²) in [5, 5.41) is 2.48. The van der Waals surface area contributed by atoms with Crippen LogP contribution in [-0.2, 0) is 9.59 Å². The van der Waals surface area contributed by atoms with Gasteiger partial charge < -0.3 is 10.1 Å². The first kappa shape index (κ1) is 18.2. The van der Waals surface area contributed by atoms with Gasteiger partial charge in [0.1, 0.15) is 11.8 Å². The number of rotatable bonds is 7. The van der Waals surface area contributed by atoms with Gasteiger partial charge in [-0.25, -0.2) is 5.84 Å². The molecule has 0 radical (unpaired) electrons. The van der Waals surface area contributed by atoms with Crippen molar-refractivity contribution in [3.05, 3.63) is 65.7 Å². The molecule has 0 bridgehead atoms. The molecule has 4 N–H and O–H groups in total. The van der Waals surface area contributed by atoms with Crippen molar-refractivity contribution in [2.45, 2.75) is 13.0 Å². The third-order valence-corrected chi connectivity index (χ3v) is 3.43. The highest BCUT2D eigenvalue weighted by Crippen LogP contribution is 2.14. The highest BCUT2D eigenvalue weighted by atomic mass is 16.5. The van der Waals surface area contributed by atoms with Crippen molar-refractivity contribution >= 4 is 24.0 Å². The number of hydrogen-bond donors (Lipinski definition) is 3. The normalized spacial score (nSPS) is 11.8. The second-order valence-corrected chi connectivity index (χ2v) is 5.40. The van der Waals surface area contributed by atoms with Gasteiger partial charge in [-0.2, -0.15) is 0 Å². The summed E-state index contributed by atoms with van der Waals surface area (Å²) < 4.78 is 5.40. The molecule has 25 heavy (non-hydrogen) atoms. The Balaban J connectivity index is 1.83. The lowest BCUT2D eigenvalue weighted by Crippen LogP contribution is -2.48. The van der Waals surface area contributed by atoms with Crippen molar-refractivity contribution in [2.24, 2.45) is 5.84 Å². The van der Waals surface area contributed by atoms with Crippen LogP contribution in [-0.4, -0.2) is 24.5 Å². The number of nitrogens with two attached hydrogens (primary N) is 1. The van der Waals surface area contributed by atoms with Crippen LogP contribution in [0.25, 0.3) is 12.2 Å². The summed E-state index contributed by atoms with van der Waals surface area (Å²) in [4.78, 5) is 22.9. The molecule has 0 aromatic heterocycles. The minimum absolute atomic E-state index is 0.179. The maximum atomic E-state index is 11.7. The molecule has 0 fully saturated rings. The molecule has 0 saturated heterocycles. The fourth-order valence-electron chi connectivity index (χ4n) is 2.05. The first-order valence-electron chi connectivity index (χ1n) is 7.84. The molecule has 6 nitrogen and oxygen atoms in total. The molecule has 2 amide bonds. The highest BCUT2D eigenvalue weighted by Gasteiger charge is 2.14. The average molecular weight is 339 g/mol. The van der Waals surface area contributed by atoms with Crippen LogP contribution >= 0.6 is 0 Å². The predicted molar refractivity (Wildman–Crippen MR) is 97.2 cm³/mol. The molecule has 2 rings (SSSR count). The van der Waals surface area contributed by atoms with E-state index in [2.05, 4.69) is 5.32 Å². The second kappa shape index (κ2) is 9.24. The summed E-state index contributed by atoms with van der Waals surface area (Å²) in [6, 6.07) is 16.7. The van der Waals surface area contributed by atoms with E-state index < -0.39 is 17.9 Å². The van der Waals surface area contributed by atoms with E-state index in [4.69, 9.17) is 10.6 Å². The molecule has 1 atom stereocenters. The Labute approximate surface area is 146 Å². The van der Waals surface area contributed by atoms with E-state index in [0.717, 1.165) is 11.1 Å². The monoisotopic (exact) mass is 339 g/mol. The Morgan fingerprint density at radius 1 is 1.04 bits per heavy atom. The summed E-state index contributed by atoms with van der Waals surface area (Å²) >= 11 is 0. The molecule has 0 saturated carbocycles. The van der Waals surface area contributed by atoms with Crippen molar-refractivity contribution in [2.75, 3.05) is 6.61 Å². The van der Waals surface area contributed by atoms with Crippen LogP contribution in [0.15, 0.2) is 54.6 Å². The second-order valence-electron chi connectivity index (χ2n) is 5.40. The first-order valence-corrected chi connectivity index (χ1v) is 7.84. The van der Waals surface area contributed by atoms with Crippen molar-refractivity contribution in [1.82, 2.24) is 10.7 Å². The zero-order chi connectivity index (χ0) is 18.1. The van der Waals surface area contributed by atoms with Crippen molar-refractivity contribution in [3.63, 3.8) is 0 Å². The fourth-order valence-corrected chi connectivity index (χ4v) is 2.05. The Morgan fingerprint density at radius 2 is 1.64 bits per heavy atom. The van der Waals surface area contributed by atoms with Gasteiger partial charge in [-0.15, -0.1) is 0 Å². The van der Waals surface area contributed by atoms with Crippen LogP contribution in [0.2, 0.25) is 0 Å². The summed E-state index contributed by atoms with van der Waals surface area (Å²) in [5.74, 6) is 4.71. The molecule has 0 heterocycles. The zero-order valence-electron chi connectivity index (χ0n) is 13.9. The first-order chi connectivity index (χ1) is 12.1. The molecule has 0 spiro atoms. The molecular formula is C19H21N3O3. The van der Waals surface area contributed by atoms with Crippen LogP contribution in [0.3, 0.4) is 0 Å². The van der Waals surface area contributed by atoms with E-state index in [1.165, 1.54) is 6.92 Å². The summed E-state index contributed by atoms with van der Waals surface area (Å²) in [5.41, 5.74) is 4.12. The lowest BCUT2D eigenvalue weighted by atomic mass is 10.1. The SMILES string of the molecule is CC(NC(=O)COc1ccc(/C=C/c2ccccc2)cc1)C(=O)NN. The third-order valence-electron chi connectivity index (χ3n) is 3.43. The number of amides is 2. The molecule has 0 aliphatic heterocycles. The molecule has 0 aliphatic carbocycles. The largest absolute Gasteiger partial charge is 0.484 e. The van der Waals surface area contributed by atoms with Crippen LogP contribution < -0.4 is 21.3 Å². The van der Waals surface area contributed by atoms with Crippen molar-refractivity contribution < 1.29 is 14.3 Å². The van der Waals surface area contributed by atoms with Gasteiger partial charge in [0.05, 0.1) is 0 Å². The molecule has 6 heteroatoms. The van der Waals surface area contributed by atoms with Gasteiger partial charge in [-0.1, -0.05) is 54.6 Å². The topological polar surface area (TPSA) is 93.4 Å². The van der Waals surface area contributed by atoms with E-state index in [1.54, 1.807) is 12.1 Å². The lowest BCUT2D eigenvalue weighted by Gasteiger charge is -2.12. The van der Waals surface area contributed by atoms with Gasteiger partial charge in [-0.05, 0) is 30.2 Å². The minimum Gasteiger partial charge on any atom is -0.484 e. The number of carbonyl (C=O) groups excluding carboxylic acids is 2. The van der Waals surface area contributed by atoms with Crippen LogP contribution in [0.1, 0.15) is 18.1 Å². The lowest BCUT2D eigenvalue weighted by molar-refractivity contribution is -0.129. The Bertz CT molecular complexity index is 727. The van der Waals surface area contributed by atoms with Gasteiger partial charge in [0.25, 0.3) is 11.8 Å². The number of ether oxygens (including phenoxy) is 1. The maximum absolute atomic E-state index is 11.7. The zero-order valence-corrected chi connectivity index (χ0v) is 13.9. The Morgan fingerprint density at radius 3 is 2.24 bits per heavy atom. The van der Waals surface area contributed by atoms with Crippen LogP contribution in [0.4, 0.5) is 0 Å². The molecule has 1 unspecified atom stereocenters. The van der Waals surface area contributed by atoms with Gasteiger partial charge in [0, 0.05) is 0 Å². The van der Waals surface area contributed by atoms with Gasteiger partial charge in [0.2, 0.25) is 0 Å². The molecule has 0 aliphatic rings. The molecule has 130 valence electrons. The highest BCUT2D eigenvalue weighted by molar-refractivity contribution is 5.87. The molecular weight excluding hydrogens is 318 g/mol. The van der Waals surface area contributed by atoms with Gasteiger partial charge in [0.15, 0.2) is 6.61 Å². The van der Waals surface area contributed by atoms with Gasteiger partial charge >= 0.3 is 0 Å². The standard InChI is InChI=1S/C19H21N3O3/c1-14(19(24)22-20)21-18(23)13-25-17-11-9-16(10-12-17)8-7-15-5-3-2-4-6-15/h2-12,14H,13,20H2,1H3,(H,21,23)(H,22,24)/b8-7+. The quantitative estimate of drug-likeness (QED) is 0.310. The molecule has 2 aromatic carbocycles. The van der Waals surface area contributed by atoms with Crippen LogP contribution in [0, 0.1) is 0 Å². The Hall–Kier alpha value is -3.12. The fraction of sp³-hybridized carbons (Fsp3) is 0.158. The van der Waals surface area contributed by atoms with Crippen molar-refractivity contribution in [1.29, 1.82) is 0 Å². The van der Waals surface area contributed by atoms with Crippen LogP contribution in [0.5, 0.6) is 5.75 Å². The summed E-state index contributed by atoms with van der Waals surface area (Å²) in [6.07, 6.45) is 4.02. The van der Waals surface area contributed by atoms with E-state index in [1.807, 2.05) is 60.0 Å². The number of nitrogens with one attached hydrogen (secondary N) is 2. The molecule has 2 aromatic rings. The van der Waals surface area contributed by atoms with Crippen molar-refractivity contribution in [3.8, 4) is 5.75 Å². The van der Waals surface area contributed by atoms with E-state index in [9.17, 15) is 9.59 Å². The Kier molecular flexibility index (Phi) is 6.74. The summed E-state index contributed by atoms with van der Waals surface area (Å²) in [7, 11) is 0.